The van der Waals surface area contributed by atoms with Crippen molar-refractivity contribution < 1.29 is 31.7 Å². The molecule has 0 aromatic heterocycles. The van der Waals surface area contributed by atoms with Gasteiger partial charge in [-0.25, -0.2) is 4.79 Å². The minimum atomic E-state index is -3.54. The lowest BCUT2D eigenvalue weighted by molar-refractivity contribution is -0.156. The van der Waals surface area contributed by atoms with Crippen LogP contribution in [0.4, 0.5) is 5.69 Å². The molecule has 0 spiro atoms. The van der Waals surface area contributed by atoms with Crippen molar-refractivity contribution in [1.82, 2.24) is 0 Å². The van der Waals surface area contributed by atoms with Gasteiger partial charge in [0.15, 0.2) is 6.10 Å². The maximum Gasteiger partial charge on any atom is 0.335 e. The third kappa shape index (κ3) is 10.0. The van der Waals surface area contributed by atoms with Gasteiger partial charge >= 0.3 is 16.1 Å². The van der Waals surface area contributed by atoms with E-state index in [2.05, 4.69) is 5.32 Å². The van der Waals surface area contributed by atoms with E-state index < -0.39 is 22.2 Å². The Kier molecular flexibility index (Phi) is 10.8. The average Bonchev–Trinajstić information content (AvgIpc) is 2.90. The highest BCUT2D eigenvalue weighted by atomic mass is 32.2. The summed E-state index contributed by atoms with van der Waals surface area (Å²) in [5.41, 5.74) is 4.02. The molecule has 3 aromatic rings. The predicted molar refractivity (Wildman–Crippen MR) is 151 cm³/mol. The number of benzene rings is 3. The van der Waals surface area contributed by atoms with Crippen molar-refractivity contribution >= 4 is 33.8 Å². The number of rotatable bonds is 13. The lowest BCUT2D eigenvalue weighted by Gasteiger charge is -2.15. The Morgan fingerprint density at radius 2 is 1.51 bits per heavy atom. The number of amides is 1. The smallest absolute Gasteiger partial charge is 0.335 e. The molecule has 0 aliphatic carbocycles. The molecular weight excluding hydrogens is 518 g/mol. The van der Waals surface area contributed by atoms with Crippen LogP contribution in [0.2, 0.25) is 0 Å². The number of allylic oxidation sites excluding steroid dienone is 1. The van der Waals surface area contributed by atoms with E-state index in [0.29, 0.717) is 37.3 Å². The van der Waals surface area contributed by atoms with E-state index in [1.807, 2.05) is 55.5 Å². The van der Waals surface area contributed by atoms with Gasteiger partial charge in [0.2, 0.25) is 0 Å². The minimum Gasteiger partial charge on any atom is -0.464 e. The van der Waals surface area contributed by atoms with Gasteiger partial charge in [0, 0.05) is 24.3 Å². The number of ether oxygens (including phenoxy) is 2. The summed E-state index contributed by atoms with van der Waals surface area (Å²) in [5, 5.41) is 2.89. The van der Waals surface area contributed by atoms with Gasteiger partial charge in [0.05, 0.1) is 12.9 Å². The molecule has 9 heteroatoms. The van der Waals surface area contributed by atoms with Crippen molar-refractivity contribution in [2.45, 2.75) is 32.8 Å². The molecule has 3 rings (SSSR count). The molecule has 1 amide bonds. The Labute approximate surface area is 229 Å². The summed E-state index contributed by atoms with van der Waals surface area (Å²) < 4.78 is 37.8. The van der Waals surface area contributed by atoms with Gasteiger partial charge in [0.25, 0.3) is 5.91 Å². The van der Waals surface area contributed by atoms with Gasteiger partial charge < -0.3 is 19.0 Å². The van der Waals surface area contributed by atoms with E-state index in [-0.39, 0.29) is 11.7 Å². The van der Waals surface area contributed by atoms with E-state index in [0.717, 1.165) is 22.9 Å². The van der Waals surface area contributed by atoms with Gasteiger partial charge in [0.1, 0.15) is 5.75 Å². The molecule has 0 heterocycles. The predicted octanol–water partition coefficient (Wildman–Crippen LogP) is 5.04. The Morgan fingerprint density at radius 1 is 0.872 bits per heavy atom. The van der Waals surface area contributed by atoms with Crippen LogP contribution >= 0.6 is 0 Å². The molecule has 1 unspecified atom stereocenters. The molecule has 0 saturated carbocycles. The number of hydrogen-bond donors (Lipinski definition) is 1. The zero-order chi connectivity index (χ0) is 28.3. The summed E-state index contributed by atoms with van der Waals surface area (Å²) >= 11 is 0. The largest absolute Gasteiger partial charge is 0.464 e. The Bertz CT molecular complexity index is 1360. The fourth-order valence-electron chi connectivity index (χ4n) is 3.72. The number of carbonyl (C=O) groups excluding carboxylic acids is 2. The van der Waals surface area contributed by atoms with E-state index >= 15 is 0 Å². The van der Waals surface area contributed by atoms with Gasteiger partial charge in [-0.2, -0.15) is 8.42 Å². The Balaban J connectivity index is 1.52. The van der Waals surface area contributed by atoms with Crippen LogP contribution in [0.5, 0.6) is 5.75 Å². The number of anilines is 1. The van der Waals surface area contributed by atoms with Crippen LogP contribution in [-0.2, 0) is 37.2 Å². The van der Waals surface area contributed by atoms with Crippen LogP contribution in [0.25, 0.3) is 6.08 Å². The molecule has 0 bridgehead atoms. The van der Waals surface area contributed by atoms with E-state index in [1.54, 1.807) is 43.3 Å². The summed E-state index contributed by atoms with van der Waals surface area (Å²) in [6.07, 6.45) is 5.33. The summed E-state index contributed by atoms with van der Waals surface area (Å²) in [6, 6.07) is 21.4. The van der Waals surface area contributed by atoms with Crippen LogP contribution in [-0.4, -0.2) is 45.9 Å². The van der Waals surface area contributed by atoms with Gasteiger partial charge in [-0.05, 0) is 73.4 Å². The quantitative estimate of drug-likeness (QED) is 0.234. The lowest BCUT2D eigenvalue weighted by Crippen LogP contribution is -2.29. The second-order valence-electron chi connectivity index (χ2n) is 8.71. The average molecular weight is 552 g/mol. The maximum atomic E-state index is 12.7. The second kappa shape index (κ2) is 14.3. The molecule has 39 heavy (non-hydrogen) atoms. The summed E-state index contributed by atoms with van der Waals surface area (Å²) in [4.78, 5) is 24.8. The standard InChI is InChI=1S/C30H33NO7S/c1-4-36-28(30(33)37-5-2)21-24-9-15-25(16-10-24)29(32)31-26-17-11-22(12-18-26)7-6-8-23-13-19-27(20-14-23)38-39(3,34)35/h6-7,9-20,28H,4-5,8,21H2,1-3H3,(H,31,32)/b7-6+. The Hall–Kier alpha value is -3.95. The number of esters is 1. The Morgan fingerprint density at radius 3 is 2.10 bits per heavy atom. The number of carbonyl (C=O) groups is 2. The zero-order valence-electron chi connectivity index (χ0n) is 22.3. The zero-order valence-corrected chi connectivity index (χ0v) is 23.1. The van der Waals surface area contributed by atoms with Gasteiger partial charge in [-0.15, -0.1) is 0 Å². The number of nitrogens with one attached hydrogen (secondary N) is 1. The highest BCUT2D eigenvalue weighted by Gasteiger charge is 2.20. The molecule has 0 radical (unpaired) electrons. The molecule has 0 aliphatic heterocycles. The molecule has 1 N–H and O–H groups in total. The van der Waals surface area contributed by atoms with Crippen molar-refractivity contribution in [3.8, 4) is 5.75 Å². The topological polar surface area (TPSA) is 108 Å². The first-order valence-corrected chi connectivity index (χ1v) is 14.4. The third-order valence-electron chi connectivity index (χ3n) is 5.56. The molecule has 0 fully saturated rings. The lowest BCUT2D eigenvalue weighted by atomic mass is 10.1. The summed E-state index contributed by atoms with van der Waals surface area (Å²) in [6.45, 7) is 4.27. The van der Waals surface area contributed by atoms with Crippen LogP contribution < -0.4 is 9.50 Å². The van der Waals surface area contributed by atoms with Gasteiger partial charge in [-0.3, -0.25) is 4.79 Å². The highest BCUT2D eigenvalue weighted by Crippen LogP contribution is 2.17. The van der Waals surface area contributed by atoms with E-state index in [9.17, 15) is 18.0 Å². The molecule has 1 atom stereocenters. The molecule has 0 saturated heterocycles. The summed E-state index contributed by atoms with van der Waals surface area (Å²) in [7, 11) is -3.54. The third-order valence-corrected chi connectivity index (χ3v) is 6.05. The van der Waals surface area contributed by atoms with Crippen LogP contribution in [0.1, 0.15) is 40.9 Å². The van der Waals surface area contributed by atoms with Crippen molar-refractivity contribution in [1.29, 1.82) is 0 Å². The van der Waals surface area contributed by atoms with Crippen LogP contribution in [0.3, 0.4) is 0 Å². The fraction of sp³-hybridized carbons (Fsp3) is 0.267. The first kappa shape index (κ1) is 29.6. The second-order valence-corrected chi connectivity index (χ2v) is 10.3. The SMILES string of the molecule is CCOC(=O)C(Cc1ccc(C(=O)Nc2ccc(/C=C/Cc3ccc(OS(C)(=O)=O)cc3)cc2)cc1)OCC. The first-order valence-electron chi connectivity index (χ1n) is 12.6. The summed E-state index contributed by atoms with van der Waals surface area (Å²) in [5.74, 6) is -0.349. The molecular formula is C30H33NO7S. The first-order chi connectivity index (χ1) is 18.7. The maximum absolute atomic E-state index is 12.7. The highest BCUT2D eigenvalue weighted by molar-refractivity contribution is 7.86. The van der Waals surface area contributed by atoms with Crippen molar-refractivity contribution in [3.05, 3.63) is 101 Å². The fourth-order valence-corrected chi connectivity index (χ4v) is 4.18. The minimum absolute atomic E-state index is 0.236. The normalized spacial score (nSPS) is 12.2. The van der Waals surface area contributed by atoms with Crippen LogP contribution in [0, 0.1) is 0 Å². The molecule has 3 aromatic carbocycles. The monoisotopic (exact) mass is 551 g/mol. The van der Waals surface area contributed by atoms with Crippen molar-refractivity contribution in [2.75, 3.05) is 24.8 Å². The molecule has 8 nitrogen and oxygen atoms in total. The van der Waals surface area contributed by atoms with Crippen molar-refractivity contribution in [3.63, 3.8) is 0 Å². The van der Waals surface area contributed by atoms with E-state index in [4.69, 9.17) is 13.7 Å². The molecule has 206 valence electrons. The number of hydrogen-bond acceptors (Lipinski definition) is 7. The van der Waals surface area contributed by atoms with Crippen molar-refractivity contribution in [2.24, 2.45) is 0 Å². The van der Waals surface area contributed by atoms with Crippen LogP contribution in [0.15, 0.2) is 78.9 Å². The van der Waals surface area contributed by atoms with E-state index in [1.165, 1.54) is 0 Å². The van der Waals surface area contributed by atoms with Gasteiger partial charge in [-0.1, -0.05) is 48.6 Å². The molecule has 0 aliphatic rings.